The molecule has 0 heterocycles. The van der Waals surface area contributed by atoms with Gasteiger partial charge in [-0.2, -0.15) is 0 Å². The van der Waals surface area contributed by atoms with Gasteiger partial charge in [0, 0.05) is 13.0 Å². The SMILES string of the molecule is CNC(=O)[C@@H](C)C1CC2CCC[C@@H]2C1. The van der Waals surface area contributed by atoms with Crippen molar-refractivity contribution in [2.75, 3.05) is 7.05 Å². The van der Waals surface area contributed by atoms with Crippen molar-refractivity contribution in [3.05, 3.63) is 0 Å². The van der Waals surface area contributed by atoms with Gasteiger partial charge in [0.15, 0.2) is 0 Å². The zero-order valence-electron chi connectivity index (χ0n) is 9.25. The van der Waals surface area contributed by atoms with E-state index in [1.807, 2.05) is 0 Å². The molecule has 2 fully saturated rings. The molecule has 4 atom stereocenters. The number of fused-ring (bicyclic) bond motifs is 1. The molecule has 0 saturated heterocycles. The minimum Gasteiger partial charge on any atom is -0.359 e. The van der Waals surface area contributed by atoms with E-state index in [1.54, 1.807) is 7.05 Å². The number of carbonyl (C=O) groups is 1. The van der Waals surface area contributed by atoms with Crippen LogP contribution in [0.4, 0.5) is 0 Å². The van der Waals surface area contributed by atoms with Crippen molar-refractivity contribution in [3.63, 3.8) is 0 Å². The summed E-state index contributed by atoms with van der Waals surface area (Å²) in [6.07, 6.45) is 6.87. The summed E-state index contributed by atoms with van der Waals surface area (Å²) in [7, 11) is 1.74. The Bertz CT molecular complexity index is 214. The van der Waals surface area contributed by atoms with Gasteiger partial charge in [-0.15, -0.1) is 0 Å². The predicted molar refractivity (Wildman–Crippen MR) is 56.8 cm³/mol. The second kappa shape index (κ2) is 3.92. The topological polar surface area (TPSA) is 29.1 Å². The number of rotatable bonds is 2. The van der Waals surface area contributed by atoms with E-state index in [2.05, 4.69) is 12.2 Å². The Labute approximate surface area is 86.5 Å². The molecule has 80 valence electrons. The molecule has 1 amide bonds. The summed E-state index contributed by atoms with van der Waals surface area (Å²) < 4.78 is 0. The van der Waals surface area contributed by atoms with Crippen molar-refractivity contribution in [2.45, 2.75) is 39.0 Å². The van der Waals surface area contributed by atoms with E-state index in [0.29, 0.717) is 5.92 Å². The third-order valence-electron chi connectivity index (χ3n) is 4.39. The molecule has 0 aromatic carbocycles. The Balaban J connectivity index is 1.92. The Hall–Kier alpha value is -0.530. The van der Waals surface area contributed by atoms with Crippen molar-refractivity contribution in [3.8, 4) is 0 Å². The third kappa shape index (κ3) is 1.67. The quantitative estimate of drug-likeness (QED) is 0.719. The average molecular weight is 195 g/mol. The van der Waals surface area contributed by atoms with Crippen molar-refractivity contribution < 1.29 is 4.79 Å². The van der Waals surface area contributed by atoms with E-state index in [-0.39, 0.29) is 11.8 Å². The Morgan fingerprint density at radius 3 is 2.36 bits per heavy atom. The van der Waals surface area contributed by atoms with Crippen LogP contribution in [-0.4, -0.2) is 13.0 Å². The first kappa shape index (κ1) is 10.0. The Kier molecular flexibility index (Phi) is 2.80. The molecule has 0 bridgehead atoms. The Morgan fingerprint density at radius 2 is 1.86 bits per heavy atom. The summed E-state index contributed by atoms with van der Waals surface area (Å²) in [5.74, 6) is 3.02. The summed E-state index contributed by atoms with van der Waals surface area (Å²) in [6, 6.07) is 0. The molecule has 2 rings (SSSR count). The van der Waals surface area contributed by atoms with Gasteiger partial charge in [0.05, 0.1) is 0 Å². The molecular weight excluding hydrogens is 174 g/mol. The van der Waals surface area contributed by atoms with Crippen molar-refractivity contribution in [1.29, 1.82) is 0 Å². The molecule has 2 aliphatic carbocycles. The molecule has 0 aromatic heterocycles. The van der Waals surface area contributed by atoms with Gasteiger partial charge in [-0.25, -0.2) is 0 Å². The zero-order valence-corrected chi connectivity index (χ0v) is 9.25. The van der Waals surface area contributed by atoms with Gasteiger partial charge < -0.3 is 5.32 Å². The molecule has 2 saturated carbocycles. The van der Waals surface area contributed by atoms with Crippen LogP contribution >= 0.6 is 0 Å². The third-order valence-corrected chi connectivity index (χ3v) is 4.39. The lowest BCUT2D eigenvalue weighted by Gasteiger charge is -2.18. The number of hydrogen-bond donors (Lipinski definition) is 1. The van der Waals surface area contributed by atoms with Gasteiger partial charge in [-0.3, -0.25) is 4.79 Å². The van der Waals surface area contributed by atoms with Crippen LogP contribution in [-0.2, 0) is 4.79 Å². The fourth-order valence-electron chi connectivity index (χ4n) is 3.46. The van der Waals surface area contributed by atoms with Crippen LogP contribution in [0.3, 0.4) is 0 Å². The molecule has 0 aliphatic heterocycles. The highest BCUT2D eigenvalue weighted by Crippen LogP contribution is 2.48. The highest BCUT2D eigenvalue weighted by atomic mass is 16.1. The first-order valence-corrected chi connectivity index (χ1v) is 5.94. The van der Waals surface area contributed by atoms with E-state index in [4.69, 9.17) is 0 Å². The molecule has 0 aromatic rings. The van der Waals surface area contributed by atoms with Gasteiger partial charge >= 0.3 is 0 Å². The lowest BCUT2D eigenvalue weighted by Crippen LogP contribution is -2.29. The monoisotopic (exact) mass is 195 g/mol. The van der Waals surface area contributed by atoms with Crippen molar-refractivity contribution >= 4 is 5.91 Å². The fourth-order valence-corrected chi connectivity index (χ4v) is 3.46. The van der Waals surface area contributed by atoms with Crippen LogP contribution in [0.5, 0.6) is 0 Å². The number of hydrogen-bond acceptors (Lipinski definition) is 1. The van der Waals surface area contributed by atoms with Crippen LogP contribution in [0.2, 0.25) is 0 Å². The van der Waals surface area contributed by atoms with E-state index in [0.717, 1.165) is 11.8 Å². The van der Waals surface area contributed by atoms with E-state index < -0.39 is 0 Å². The van der Waals surface area contributed by atoms with E-state index in [1.165, 1.54) is 32.1 Å². The first-order valence-electron chi connectivity index (χ1n) is 5.94. The maximum absolute atomic E-state index is 11.5. The first-order chi connectivity index (χ1) is 6.72. The van der Waals surface area contributed by atoms with Gasteiger partial charge in [0.1, 0.15) is 0 Å². The van der Waals surface area contributed by atoms with Crippen LogP contribution in [0.15, 0.2) is 0 Å². The lowest BCUT2D eigenvalue weighted by atomic mass is 9.89. The predicted octanol–water partition coefficient (Wildman–Crippen LogP) is 2.19. The number of nitrogens with one attached hydrogen (secondary N) is 1. The smallest absolute Gasteiger partial charge is 0.222 e. The number of amides is 1. The van der Waals surface area contributed by atoms with Gasteiger partial charge in [-0.05, 0) is 30.6 Å². The fraction of sp³-hybridized carbons (Fsp3) is 0.917. The highest BCUT2D eigenvalue weighted by Gasteiger charge is 2.40. The maximum Gasteiger partial charge on any atom is 0.222 e. The van der Waals surface area contributed by atoms with Crippen LogP contribution in [0.25, 0.3) is 0 Å². The van der Waals surface area contributed by atoms with Crippen molar-refractivity contribution in [1.82, 2.24) is 5.32 Å². The minimum atomic E-state index is 0.227. The molecular formula is C12H21NO. The molecule has 2 unspecified atom stereocenters. The number of carbonyl (C=O) groups excluding carboxylic acids is 1. The largest absolute Gasteiger partial charge is 0.359 e. The highest BCUT2D eigenvalue weighted by molar-refractivity contribution is 5.78. The van der Waals surface area contributed by atoms with Gasteiger partial charge in [-0.1, -0.05) is 26.2 Å². The molecule has 1 N–H and O–H groups in total. The molecule has 2 aliphatic rings. The lowest BCUT2D eigenvalue weighted by molar-refractivity contribution is -0.125. The average Bonchev–Trinajstić information content (AvgIpc) is 2.74. The summed E-state index contributed by atoms with van der Waals surface area (Å²) in [5.41, 5.74) is 0. The zero-order chi connectivity index (χ0) is 10.1. The molecule has 14 heavy (non-hydrogen) atoms. The van der Waals surface area contributed by atoms with Crippen LogP contribution < -0.4 is 5.32 Å². The van der Waals surface area contributed by atoms with E-state index >= 15 is 0 Å². The van der Waals surface area contributed by atoms with Gasteiger partial charge in [0.25, 0.3) is 0 Å². The normalized spacial score (nSPS) is 38.0. The summed E-state index contributed by atoms with van der Waals surface area (Å²) in [6.45, 7) is 2.09. The molecule has 2 heteroatoms. The van der Waals surface area contributed by atoms with Crippen LogP contribution in [0.1, 0.15) is 39.0 Å². The summed E-state index contributed by atoms with van der Waals surface area (Å²) in [5, 5.41) is 2.77. The second-order valence-corrected chi connectivity index (χ2v) is 5.09. The Morgan fingerprint density at radius 1 is 1.29 bits per heavy atom. The van der Waals surface area contributed by atoms with Crippen molar-refractivity contribution in [2.24, 2.45) is 23.7 Å². The molecule has 0 spiro atoms. The van der Waals surface area contributed by atoms with E-state index in [9.17, 15) is 4.79 Å². The van der Waals surface area contributed by atoms with Gasteiger partial charge in [0.2, 0.25) is 5.91 Å². The second-order valence-electron chi connectivity index (χ2n) is 5.09. The summed E-state index contributed by atoms with van der Waals surface area (Å²) in [4.78, 5) is 11.5. The molecule has 2 nitrogen and oxygen atoms in total. The minimum absolute atomic E-state index is 0.227. The molecule has 0 radical (unpaired) electrons. The summed E-state index contributed by atoms with van der Waals surface area (Å²) >= 11 is 0. The van der Waals surface area contributed by atoms with Crippen LogP contribution in [0, 0.1) is 23.7 Å². The standard InChI is InChI=1S/C12H21NO/c1-8(12(14)13-2)11-6-9-4-3-5-10(9)7-11/h8-11H,3-7H2,1-2H3,(H,13,14)/t8-,9+,10?,11?/m0/s1. The maximum atomic E-state index is 11.5.